The van der Waals surface area contributed by atoms with Crippen molar-refractivity contribution in [2.45, 2.75) is 69.5 Å². The molecule has 7 heteroatoms. The highest BCUT2D eigenvalue weighted by Gasteiger charge is 2.76. The second kappa shape index (κ2) is 8.12. The van der Waals surface area contributed by atoms with Gasteiger partial charge in [0.1, 0.15) is 18.9 Å². The van der Waals surface area contributed by atoms with Crippen LogP contribution in [0.3, 0.4) is 0 Å². The summed E-state index contributed by atoms with van der Waals surface area (Å²) in [6.07, 6.45) is 8.53. The van der Waals surface area contributed by atoms with E-state index in [9.17, 15) is 9.59 Å². The molecule has 1 aliphatic heterocycles. The summed E-state index contributed by atoms with van der Waals surface area (Å²) in [5, 5.41) is 11.1. The Morgan fingerprint density at radius 1 is 1.07 bits per heavy atom. The zero-order valence-corrected chi connectivity index (χ0v) is 17.7. The van der Waals surface area contributed by atoms with Gasteiger partial charge in [-0.25, -0.2) is 9.28 Å². The average Bonchev–Trinajstić information content (AvgIpc) is 3.50. The molecule has 0 radical (unpaired) electrons. The van der Waals surface area contributed by atoms with Crippen LogP contribution in [0.25, 0.3) is 0 Å². The quantitative estimate of drug-likeness (QED) is 0.310. The number of rotatable bonds is 7. The van der Waals surface area contributed by atoms with Crippen molar-refractivity contribution in [3.63, 3.8) is 0 Å². The van der Waals surface area contributed by atoms with Crippen LogP contribution in [0.1, 0.15) is 62.5 Å². The molecule has 2 saturated carbocycles. The summed E-state index contributed by atoms with van der Waals surface area (Å²) in [5.74, 6) is -0.0262. The molecule has 2 aliphatic carbocycles. The Morgan fingerprint density at radius 2 is 1.77 bits per heavy atom. The summed E-state index contributed by atoms with van der Waals surface area (Å²) in [6.45, 7) is 1.40. The number of fused-ring (bicyclic) bond motifs is 1. The lowest BCUT2D eigenvalue weighted by Gasteiger charge is -2.45. The van der Waals surface area contributed by atoms with Crippen molar-refractivity contribution >= 4 is 17.6 Å². The maximum absolute atomic E-state index is 13.7. The third-order valence-corrected chi connectivity index (χ3v) is 7.70. The Labute approximate surface area is 178 Å². The van der Waals surface area contributed by atoms with Crippen LogP contribution in [0.2, 0.25) is 0 Å². The standard InChI is InChI=1S/C23H33N5O2/c24-21(25)17-10-8-16(9-11-17)15-28(12-4-5-18-13-23(18,28)22(26)30)20(29)14-27-19-6-2-1-3-7-19/h8-11,18-19,27H,1-7,12-15H2,(H4-,24,25,26,30)/p+1/t18-,23+,28?/m1/s1. The van der Waals surface area contributed by atoms with E-state index in [1.165, 1.54) is 19.3 Å². The minimum Gasteiger partial charge on any atom is -0.384 e. The van der Waals surface area contributed by atoms with Crippen LogP contribution in [-0.4, -0.2) is 46.8 Å². The first-order valence-corrected chi connectivity index (χ1v) is 11.3. The number of amidine groups is 1. The fraction of sp³-hybridized carbons (Fsp3) is 0.609. The Balaban J connectivity index is 1.60. The van der Waals surface area contributed by atoms with Gasteiger partial charge in [-0.05, 0) is 25.7 Å². The van der Waals surface area contributed by atoms with Gasteiger partial charge < -0.3 is 16.8 Å². The molecule has 3 aliphatic rings. The van der Waals surface area contributed by atoms with E-state index in [1.807, 2.05) is 24.3 Å². The van der Waals surface area contributed by atoms with Crippen molar-refractivity contribution in [1.82, 2.24) is 5.32 Å². The van der Waals surface area contributed by atoms with Crippen LogP contribution in [0, 0.1) is 11.3 Å². The van der Waals surface area contributed by atoms with Crippen LogP contribution in [0.15, 0.2) is 24.3 Å². The van der Waals surface area contributed by atoms with Gasteiger partial charge >= 0.3 is 5.91 Å². The second-order valence-corrected chi connectivity index (χ2v) is 9.40. The smallest absolute Gasteiger partial charge is 0.328 e. The first-order valence-electron chi connectivity index (χ1n) is 11.3. The zero-order chi connectivity index (χ0) is 21.4. The van der Waals surface area contributed by atoms with E-state index in [0.717, 1.165) is 31.2 Å². The number of nitrogens with two attached hydrogens (primary N) is 2. The van der Waals surface area contributed by atoms with Gasteiger partial charge in [0.15, 0.2) is 5.54 Å². The lowest BCUT2D eigenvalue weighted by atomic mass is 9.94. The van der Waals surface area contributed by atoms with Crippen molar-refractivity contribution in [3.05, 3.63) is 35.4 Å². The second-order valence-electron chi connectivity index (χ2n) is 9.40. The highest BCUT2D eigenvalue weighted by Crippen LogP contribution is 2.58. The largest absolute Gasteiger partial charge is 0.384 e. The van der Waals surface area contributed by atoms with Gasteiger partial charge in [-0.15, -0.1) is 0 Å². The number of nitrogens with zero attached hydrogens (tertiary/aromatic N) is 1. The number of amides is 2. The van der Waals surface area contributed by atoms with Crippen molar-refractivity contribution in [3.8, 4) is 0 Å². The number of carbonyl (C=O) groups is 2. The van der Waals surface area contributed by atoms with E-state index >= 15 is 0 Å². The number of carbonyl (C=O) groups excluding carboxylic acids is 2. The van der Waals surface area contributed by atoms with E-state index in [0.29, 0.717) is 31.1 Å². The van der Waals surface area contributed by atoms with Gasteiger partial charge in [-0.3, -0.25) is 10.2 Å². The molecule has 1 aromatic rings. The summed E-state index contributed by atoms with van der Waals surface area (Å²) in [6, 6.07) is 7.84. The van der Waals surface area contributed by atoms with Crippen LogP contribution < -0.4 is 16.8 Å². The molecule has 3 fully saturated rings. The summed E-state index contributed by atoms with van der Waals surface area (Å²) in [5.41, 5.74) is 12.4. The predicted molar refractivity (Wildman–Crippen MR) is 115 cm³/mol. The SMILES string of the molecule is N=C(N)c1ccc(C[N+]2(C(=O)CNC3CCCCC3)CCC[C@@H]3C[C@@]32C(N)=O)cc1. The molecule has 7 nitrogen and oxygen atoms in total. The third kappa shape index (κ3) is 3.54. The van der Waals surface area contributed by atoms with Crippen LogP contribution >= 0.6 is 0 Å². The molecular weight excluding hydrogens is 378 g/mol. The number of nitrogen functional groups attached to an aromatic ring is 1. The molecule has 162 valence electrons. The van der Waals surface area contributed by atoms with E-state index in [2.05, 4.69) is 5.32 Å². The number of primary amides is 1. The Kier molecular flexibility index (Phi) is 5.68. The molecule has 1 unspecified atom stereocenters. The summed E-state index contributed by atoms with van der Waals surface area (Å²) >= 11 is 0. The fourth-order valence-corrected chi connectivity index (χ4v) is 5.95. The Hall–Kier alpha value is -2.25. The summed E-state index contributed by atoms with van der Waals surface area (Å²) < 4.78 is 0.131. The van der Waals surface area contributed by atoms with Gasteiger partial charge in [-0.2, -0.15) is 0 Å². The molecule has 30 heavy (non-hydrogen) atoms. The molecule has 1 saturated heterocycles. The van der Waals surface area contributed by atoms with Gasteiger partial charge in [0.05, 0.1) is 6.54 Å². The van der Waals surface area contributed by atoms with Gasteiger partial charge in [0.2, 0.25) is 0 Å². The minimum atomic E-state index is -0.761. The lowest BCUT2D eigenvalue weighted by Crippen LogP contribution is -2.69. The lowest BCUT2D eigenvalue weighted by molar-refractivity contribution is -0.899. The summed E-state index contributed by atoms with van der Waals surface area (Å²) in [4.78, 5) is 26.4. The number of hydrogen-bond donors (Lipinski definition) is 4. The zero-order valence-electron chi connectivity index (χ0n) is 17.7. The first-order chi connectivity index (χ1) is 14.4. The molecular formula is C23H34N5O2+. The normalized spacial score (nSPS) is 31.0. The monoisotopic (exact) mass is 412 g/mol. The number of benzene rings is 1. The third-order valence-electron chi connectivity index (χ3n) is 7.70. The van der Waals surface area contributed by atoms with Gasteiger partial charge in [0.25, 0.3) is 5.91 Å². The molecule has 1 aromatic carbocycles. The maximum Gasteiger partial charge on any atom is 0.328 e. The molecule has 2 amide bonds. The van der Waals surface area contributed by atoms with Crippen molar-refractivity contribution < 1.29 is 14.1 Å². The van der Waals surface area contributed by atoms with E-state index in [-0.39, 0.29) is 34.6 Å². The molecule has 1 heterocycles. The number of piperidine rings is 1. The first kappa shape index (κ1) is 21.0. The average molecular weight is 413 g/mol. The maximum atomic E-state index is 13.7. The number of likely N-dealkylation sites (tertiary alicyclic amines) is 1. The van der Waals surface area contributed by atoms with Crippen molar-refractivity contribution in [2.75, 3.05) is 13.1 Å². The van der Waals surface area contributed by atoms with E-state index in [1.54, 1.807) is 0 Å². The van der Waals surface area contributed by atoms with Crippen LogP contribution in [-0.2, 0) is 16.1 Å². The van der Waals surface area contributed by atoms with Crippen LogP contribution in [0.5, 0.6) is 0 Å². The number of nitrogens with one attached hydrogen (secondary N) is 2. The molecule has 0 spiro atoms. The highest BCUT2D eigenvalue weighted by atomic mass is 16.2. The molecule has 4 rings (SSSR count). The van der Waals surface area contributed by atoms with Crippen molar-refractivity contribution in [1.29, 1.82) is 5.41 Å². The van der Waals surface area contributed by atoms with Crippen molar-refractivity contribution in [2.24, 2.45) is 17.4 Å². The van der Waals surface area contributed by atoms with E-state index < -0.39 is 5.54 Å². The number of quaternary nitrogens is 1. The summed E-state index contributed by atoms with van der Waals surface area (Å²) in [7, 11) is 0. The fourth-order valence-electron chi connectivity index (χ4n) is 5.95. The molecule has 6 N–H and O–H groups in total. The molecule has 0 bridgehead atoms. The molecule has 3 atom stereocenters. The van der Waals surface area contributed by atoms with E-state index in [4.69, 9.17) is 16.9 Å². The minimum absolute atomic E-state index is 0.0204. The Bertz CT molecular complexity index is 833. The topological polar surface area (TPSA) is 122 Å². The number of hydrogen-bond acceptors (Lipinski definition) is 4. The van der Waals surface area contributed by atoms with Gasteiger partial charge in [0, 0.05) is 29.5 Å². The highest BCUT2D eigenvalue weighted by molar-refractivity contribution is 5.95. The molecule has 0 aromatic heterocycles. The van der Waals surface area contributed by atoms with Crippen LogP contribution in [0.4, 0.5) is 0 Å². The Morgan fingerprint density at radius 3 is 2.40 bits per heavy atom. The van der Waals surface area contributed by atoms with Gasteiger partial charge in [-0.1, -0.05) is 43.5 Å². The predicted octanol–water partition coefficient (Wildman–Crippen LogP) is 1.77.